The molecular weight excluding hydrogens is 234 g/mol. The first-order valence-electron chi connectivity index (χ1n) is 6.30. The number of nitrogens with zero attached hydrogens (tertiary/aromatic N) is 2. The van der Waals surface area contributed by atoms with Crippen LogP contribution in [0.4, 0.5) is 5.69 Å². The van der Waals surface area contributed by atoms with E-state index in [1.165, 1.54) is 0 Å². The Morgan fingerprint density at radius 1 is 0.895 bits per heavy atom. The third-order valence-corrected chi connectivity index (χ3v) is 2.98. The number of hydrogen-bond acceptors (Lipinski definition) is 3. The van der Waals surface area contributed by atoms with Gasteiger partial charge in [0, 0.05) is 16.5 Å². The van der Waals surface area contributed by atoms with Crippen molar-refractivity contribution in [2.75, 3.05) is 5.43 Å². The smallest absolute Gasteiger partial charge is 0.0749 e. The van der Waals surface area contributed by atoms with Gasteiger partial charge in [-0.15, -0.1) is 0 Å². The minimum absolute atomic E-state index is 0.979. The molecule has 2 aromatic carbocycles. The van der Waals surface area contributed by atoms with Gasteiger partial charge in [-0.25, -0.2) is 4.98 Å². The van der Waals surface area contributed by atoms with Crippen LogP contribution in [0.2, 0.25) is 0 Å². The predicted molar refractivity (Wildman–Crippen MR) is 81.7 cm³/mol. The molecule has 0 aliphatic carbocycles. The summed E-state index contributed by atoms with van der Waals surface area (Å²) in [5, 5.41) is 6.51. The molecule has 1 N–H and O–H groups in total. The summed E-state index contributed by atoms with van der Waals surface area (Å²) in [7, 11) is 0. The third kappa shape index (κ3) is 2.15. The predicted octanol–water partition coefficient (Wildman–Crippen LogP) is 4.20. The Bertz CT molecular complexity index is 717. The fraction of sp³-hybridized carbons (Fsp3) is 0.125. The Kier molecular flexibility index (Phi) is 2.88. The van der Waals surface area contributed by atoms with E-state index in [9.17, 15) is 0 Å². The molecule has 0 saturated heterocycles. The van der Waals surface area contributed by atoms with Crippen molar-refractivity contribution < 1.29 is 0 Å². The summed E-state index contributed by atoms with van der Waals surface area (Å²) >= 11 is 0. The maximum absolute atomic E-state index is 4.68. The molecule has 3 rings (SSSR count). The highest BCUT2D eigenvalue weighted by molar-refractivity contribution is 6.07. The van der Waals surface area contributed by atoms with Crippen LogP contribution in [0.5, 0.6) is 0 Å². The first kappa shape index (κ1) is 11.7. The van der Waals surface area contributed by atoms with Crippen molar-refractivity contribution in [2.45, 2.75) is 13.8 Å². The third-order valence-electron chi connectivity index (χ3n) is 2.98. The lowest BCUT2D eigenvalue weighted by atomic mass is 10.1. The van der Waals surface area contributed by atoms with Crippen LogP contribution >= 0.6 is 0 Å². The Labute approximate surface area is 112 Å². The zero-order valence-electron chi connectivity index (χ0n) is 11.0. The summed E-state index contributed by atoms with van der Waals surface area (Å²) in [5.41, 5.74) is 7.14. The lowest BCUT2D eigenvalue weighted by Gasteiger charge is -2.10. The van der Waals surface area contributed by atoms with E-state index in [-0.39, 0.29) is 0 Å². The molecular formula is C16H15N3. The second-order valence-electron chi connectivity index (χ2n) is 4.69. The lowest BCUT2D eigenvalue weighted by molar-refractivity contribution is 1.33. The number of hydrazone groups is 1. The fourth-order valence-corrected chi connectivity index (χ4v) is 2.13. The summed E-state index contributed by atoms with van der Waals surface area (Å²) in [6, 6.07) is 16.2. The van der Waals surface area contributed by atoms with E-state index in [2.05, 4.69) is 27.6 Å². The number of para-hydroxylation sites is 2. The molecule has 19 heavy (non-hydrogen) atoms. The molecule has 3 heteroatoms. The second-order valence-corrected chi connectivity index (χ2v) is 4.69. The molecule has 0 radical (unpaired) electrons. The highest BCUT2D eigenvalue weighted by Crippen LogP contribution is 2.30. The van der Waals surface area contributed by atoms with Gasteiger partial charge in [0.1, 0.15) is 0 Å². The maximum Gasteiger partial charge on any atom is 0.0749 e. The number of rotatable bonds is 2. The Hall–Kier alpha value is -2.42. The monoisotopic (exact) mass is 249 g/mol. The quantitative estimate of drug-likeness (QED) is 0.420. The molecule has 1 aromatic heterocycles. The van der Waals surface area contributed by atoms with Crippen molar-refractivity contribution in [3.63, 3.8) is 0 Å². The van der Waals surface area contributed by atoms with Gasteiger partial charge in [0.15, 0.2) is 0 Å². The summed E-state index contributed by atoms with van der Waals surface area (Å²) < 4.78 is 0. The van der Waals surface area contributed by atoms with Gasteiger partial charge >= 0.3 is 0 Å². The van der Waals surface area contributed by atoms with Crippen molar-refractivity contribution in [1.82, 2.24) is 4.98 Å². The molecule has 3 aromatic rings. The van der Waals surface area contributed by atoms with Crippen LogP contribution in [0.15, 0.2) is 53.6 Å². The molecule has 0 saturated carbocycles. The standard InChI is InChI=1S/C16H15N3/c1-11(2)18-19-16-12-7-3-5-9-14(12)17-15-10-6-4-8-13(15)16/h3-10H,1-2H3,(H,17,19). The molecule has 0 unspecified atom stereocenters. The zero-order chi connectivity index (χ0) is 13.2. The summed E-state index contributed by atoms with van der Waals surface area (Å²) in [6.45, 7) is 3.94. The molecule has 0 bridgehead atoms. The molecule has 0 spiro atoms. The van der Waals surface area contributed by atoms with Gasteiger partial charge in [0.05, 0.1) is 16.7 Å². The molecule has 94 valence electrons. The van der Waals surface area contributed by atoms with Gasteiger partial charge in [-0.1, -0.05) is 36.4 Å². The Morgan fingerprint density at radius 3 is 1.95 bits per heavy atom. The van der Waals surface area contributed by atoms with Gasteiger partial charge in [-0.2, -0.15) is 5.10 Å². The Balaban J connectivity index is 2.36. The molecule has 0 aliphatic heterocycles. The number of nitrogens with one attached hydrogen (secondary N) is 1. The minimum atomic E-state index is 0.979. The van der Waals surface area contributed by atoms with Gasteiger partial charge in [-0.3, -0.25) is 5.43 Å². The molecule has 0 fully saturated rings. The summed E-state index contributed by atoms with van der Waals surface area (Å²) in [5.74, 6) is 0. The number of fused-ring (bicyclic) bond motifs is 2. The van der Waals surface area contributed by atoms with Gasteiger partial charge in [0.25, 0.3) is 0 Å². The number of anilines is 1. The molecule has 1 heterocycles. The number of hydrogen-bond donors (Lipinski definition) is 1. The topological polar surface area (TPSA) is 37.3 Å². The summed E-state index contributed by atoms with van der Waals surface area (Å²) in [4.78, 5) is 4.68. The van der Waals surface area contributed by atoms with Gasteiger partial charge in [0.2, 0.25) is 0 Å². The molecule has 0 atom stereocenters. The zero-order valence-corrected chi connectivity index (χ0v) is 11.0. The molecule has 3 nitrogen and oxygen atoms in total. The first-order valence-corrected chi connectivity index (χ1v) is 6.30. The van der Waals surface area contributed by atoms with E-state index in [1.54, 1.807) is 0 Å². The lowest BCUT2D eigenvalue weighted by Crippen LogP contribution is -1.96. The van der Waals surface area contributed by atoms with Crippen LogP contribution in [-0.4, -0.2) is 10.7 Å². The second kappa shape index (κ2) is 4.69. The van der Waals surface area contributed by atoms with Crippen molar-refractivity contribution in [3.8, 4) is 0 Å². The van der Waals surface area contributed by atoms with E-state index in [1.807, 2.05) is 50.2 Å². The van der Waals surface area contributed by atoms with Crippen LogP contribution in [0.3, 0.4) is 0 Å². The number of pyridine rings is 1. The van der Waals surface area contributed by atoms with E-state index in [4.69, 9.17) is 0 Å². The normalized spacial score (nSPS) is 10.6. The largest absolute Gasteiger partial charge is 0.277 e. The van der Waals surface area contributed by atoms with Crippen LogP contribution < -0.4 is 5.43 Å². The SMILES string of the molecule is CC(C)=NNc1c2ccccc2nc2ccccc12. The average Bonchev–Trinajstić information content (AvgIpc) is 2.43. The van der Waals surface area contributed by atoms with E-state index < -0.39 is 0 Å². The van der Waals surface area contributed by atoms with Crippen LogP contribution in [-0.2, 0) is 0 Å². The highest BCUT2D eigenvalue weighted by atomic mass is 15.3. The van der Waals surface area contributed by atoms with Gasteiger partial charge < -0.3 is 0 Å². The minimum Gasteiger partial charge on any atom is -0.277 e. The van der Waals surface area contributed by atoms with E-state index in [0.29, 0.717) is 0 Å². The highest BCUT2D eigenvalue weighted by Gasteiger charge is 2.07. The van der Waals surface area contributed by atoms with Crippen molar-refractivity contribution in [3.05, 3.63) is 48.5 Å². The Morgan fingerprint density at radius 2 is 1.42 bits per heavy atom. The number of aromatic nitrogens is 1. The molecule has 0 aliphatic rings. The van der Waals surface area contributed by atoms with Crippen LogP contribution in [0, 0.1) is 0 Å². The van der Waals surface area contributed by atoms with Crippen LogP contribution in [0.1, 0.15) is 13.8 Å². The van der Waals surface area contributed by atoms with E-state index >= 15 is 0 Å². The average molecular weight is 249 g/mol. The number of benzene rings is 2. The summed E-state index contributed by atoms with van der Waals surface area (Å²) in [6.07, 6.45) is 0. The van der Waals surface area contributed by atoms with Crippen molar-refractivity contribution >= 4 is 33.2 Å². The maximum atomic E-state index is 4.68. The first-order chi connectivity index (χ1) is 9.25. The fourth-order valence-electron chi connectivity index (χ4n) is 2.13. The van der Waals surface area contributed by atoms with Crippen molar-refractivity contribution in [1.29, 1.82) is 0 Å². The van der Waals surface area contributed by atoms with Crippen LogP contribution in [0.25, 0.3) is 21.8 Å². The van der Waals surface area contributed by atoms with E-state index in [0.717, 1.165) is 33.2 Å². The van der Waals surface area contributed by atoms with Gasteiger partial charge in [-0.05, 0) is 26.0 Å². The van der Waals surface area contributed by atoms with Crippen molar-refractivity contribution in [2.24, 2.45) is 5.10 Å². The molecule has 0 amide bonds.